The smallest absolute Gasteiger partial charge is 0.270 e. The molecule has 1 aromatic carbocycles. The Morgan fingerprint density at radius 1 is 1.08 bits per heavy atom. The molecule has 1 saturated heterocycles. The minimum atomic E-state index is -0.361. The van der Waals surface area contributed by atoms with Gasteiger partial charge in [-0.05, 0) is 55.7 Å². The highest BCUT2D eigenvalue weighted by molar-refractivity contribution is 6.30. The van der Waals surface area contributed by atoms with Crippen LogP contribution in [0.1, 0.15) is 35.4 Å². The van der Waals surface area contributed by atoms with Crippen LogP contribution in [0.25, 0.3) is 6.08 Å². The molecule has 2 amide bonds. The van der Waals surface area contributed by atoms with Gasteiger partial charge in [-0.25, -0.2) is 0 Å². The van der Waals surface area contributed by atoms with Gasteiger partial charge in [-0.2, -0.15) is 0 Å². The van der Waals surface area contributed by atoms with Crippen molar-refractivity contribution >= 4 is 29.5 Å². The summed E-state index contributed by atoms with van der Waals surface area (Å²) in [5.74, 6) is -0.0463. The molecule has 1 N–H and O–H groups in total. The standard InChI is InChI=1S/C19H19ClN2O3/c20-15-8-6-14(7-9-15)18(23)21-17(13-16-5-4-12-25-16)19(24)22-10-2-1-3-11-22/h4-9,12-13H,1-3,10-11H2,(H,21,23). The number of carbonyl (C=O) groups excluding carboxylic acids is 2. The summed E-state index contributed by atoms with van der Waals surface area (Å²) in [7, 11) is 0. The maximum Gasteiger partial charge on any atom is 0.270 e. The molecule has 1 fully saturated rings. The number of nitrogens with one attached hydrogen (secondary N) is 1. The molecule has 6 heteroatoms. The van der Waals surface area contributed by atoms with E-state index in [4.69, 9.17) is 16.0 Å². The maximum atomic E-state index is 12.8. The van der Waals surface area contributed by atoms with Crippen molar-refractivity contribution in [2.75, 3.05) is 13.1 Å². The zero-order chi connectivity index (χ0) is 17.6. The topological polar surface area (TPSA) is 62.6 Å². The quantitative estimate of drug-likeness (QED) is 0.847. The van der Waals surface area contributed by atoms with E-state index in [1.165, 1.54) is 6.26 Å². The molecule has 0 aliphatic carbocycles. The van der Waals surface area contributed by atoms with Crippen molar-refractivity contribution in [3.8, 4) is 0 Å². The van der Waals surface area contributed by atoms with E-state index >= 15 is 0 Å². The summed E-state index contributed by atoms with van der Waals surface area (Å²) < 4.78 is 5.29. The highest BCUT2D eigenvalue weighted by Crippen LogP contribution is 2.15. The number of carbonyl (C=O) groups is 2. The Balaban J connectivity index is 1.82. The van der Waals surface area contributed by atoms with E-state index < -0.39 is 0 Å². The average Bonchev–Trinajstić information content (AvgIpc) is 3.15. The lowest BCUT2D eigenvalue weighted by atomic mass is 10.1. The van der Waals surface area contributed by atoms with Crippen molar-refractivity contribution in [3.05, 3.63) is 64.7 Å². The summed E-state index contributed by atoms with van der Waals surface area (Å²) in [5.41, 5.74) is 0.637. The lowest BCUT2D eigenvalue weighted by Gasteiger charge is -2.27. The predicted molar refractivity (Wildman–Crippen MR) is 96.0 cm³/mol. The summed E-state index contributed by atoms with van der Waals surface area (Å²) in [6.45, 7) is 1.40. The second-order valence-electron chi connectivity index (χ2n) is 5.89. The van der Waals surface area contributed by atoms with Crippen molar-refractivity contribution in [1.82, 2.24) is 10.2 Å². The molecule has 25 heavy (non-hydrogen) atoms. The van der Waals surface area contributed by atoms with Gasteiger partial charge in [0.05, 0.1) is 6.26 Å². The van der Waals surface area contributed by atoms with Crippen molar-refractivity contribution < 1.29 is 14.0 Å². The maximum absolute atomic E-state index is 12.8. The Bertz CT molecular complexity index is 760. The average molecular weight is 359 g/mol. The molecule has 0 radical (unpaired) electrons. The number of hydrogen-bond acceptors (Lipinski definition) is 3. The van der Waals surface area contributed by atoms with Gasteiger partial charge < -0.3 is 14.6 Å². The highest BCUT2D eigenvalue weighted by atomic mass is 35.5. The largest absolute Gasteiger partial charge is 0.465 e. The zero-order valence-electron chi connectivity index (χ0n) is 13.7. The lowest BCUT2D eigenvalue weighted by Crippen LogP contribution is -2.41. The summed E-state index contributed by atoms with van der Waals surface area (Å²) in [4.78, 5) is 27.1. The van der Waals surface area contributed by atoms with Gasteiger partial charge in [-0.3, -0.25) is 9.59 Å². The highest BCUT2D eigenvalue weighted by Gasteiger charge is 2.22. The van der Waals surface area contributed by atoms with Crippen LogP contribution in [0.15, 0.2) is 52.8 Å². The fraction of sp³-hybridized carbons (Fsp3) is 0.263. The molecule has 2 heterocycles. The first kappa shape index (κ1) is 17.3. The van der Waals surface area contributed by atoms with Gasteiger partial charge in [-0.1, -0.05) is 11.6 Å². The number of piperidine rings is 1. The Morgan fingerprint density at radius 3 is 2.44 bits per heavy atom. The van der Waals surface area contributed by atoms with E-state index in [9.17, 15) is 9.59 Å². The molecule has 0 spiro atoms. The lowest BCUT2D eigenvalue weighted by molar-refractivity contribution is -0.128. The molecule has 1 aliphatic heterocycles. The molecular formula is C19H19ClN2O3. The van der Waals surface area contributed by atoms with Crippen LogP contribution in [0, 0.1) is 0 Å². The van der Waals surface area contributed by atoms with Crippen molar-refractivity contribution in [3.63, 3.8) is 0 Å². The van der Waals surface area contributed by atoms with Crippen LogP contribution >= 0.6 is 11.6 Å². The number of halogens is 1. The molecule has 2 aromatic rings. The summed E-state index contributed by atoms with van der Waals surface area (Å²) >= 11 is 5.85. The van der Waals surface area contributed by atoms with Crippen molar-refractivity contribution in [2.24, 2.45) is 0 Å². The minimum absolute atomic E-state index is 0.196. The number of rotatable bonds is 4. The number of likely N-dealkylation sites (tertiary alicyclic amines) is 1. The first-order valence-electron chi connectivity index (χ1n) is 8.25. The van der Waals surface area contributed by atoms with Gasteiger partial charge in [0.1, 0.15) is 11.5 Å². The molecule has 0 unspecified atom stereocenters. The molecule has 130 valence electrons. The minimum Gasteiger partial charge on any atom is -0.465 e. The number of amides is 2. The summed E-state index contributed by atoms with van der Waals surface area (Å²) in [6.07, 6.45) is 6.16. The van der Waals surface area contributed by atoms with Crippen LogP contribution in [0.3, 0.4) is 0 Å². The van der Waals surface area contributed by atoms with Gasteiger partial charge in [0.15, 0.2) is 0 Å². The Labute approximate surface area is 151 Å². The van der Waals surface area contributed by atoms with E-state index in [1.807, 2.05) is 0 Å². The number of furan rings is 1. The fourth-order valence-electron chi connectivity index (χ4n) is 2.73. The van der Waals surface area contributed by atoms with E-state index in [0.717, 1.165) is 19.3 Å². The second kappa shape index (κ2) is 8.03. The van der Waals surface area contributed by atoms with E-state index in [0.29, 0.717) is 29.4 Å². The summed E-state index contributed by atoms with van der Waals surface area (Å²) in [6, 6.07) is 9.98. The van der Waals surface area contributed by atoms with Gasteiger partial charge in [0.25, 0.3) is 11.8 Å². The Hall–Kier alpha value is -2.53. The Morgan fingerprint density at radius 2 is 1.80 bits per heavy atom. The van der Waals surface area contributed by atoms with Crippen LogP contribution in [-0.4, -0.2) is 29.8 Å². The van der Waals surface area contributed by atoms with Crippen LogP contribution in [0.5, 0.6) is 0 Å². The van der Waals surface area contributed by atoms with E-state index in [-0.39, 0.29) is 17.5 Å². The third kappa shape index (κ3) is 4.51. The van der Waals surface area contributed by atoms with Crippen LogP contribution in [0.2, 0.25) is 5.02 Å². The van der Waals surface area contributed by atoms with Crippen LogP contribution in [0.4, 0.5) is 0 Å². The van der Waals surface area contributed by atoms with Crippen molar-refractivity contribution in [1.29, 1.82) is 0 Å². The third-order valence-corrected chi connectivity index (χ3v) is 4.31. The number of hydrogen-bond donors (Lipinski definition) is 1. The fourth-order valence-corrected chi connectivity index (χ4v) is 2.86. The molecule has 3 rings (SSSR count). The Kier molecular flexibility index (Phi) is 5.56. The molecule has 1 aromatic heterocycles. The van der Waals surface area contributed by atoms with Crippen molar-refractivity contribution in [2.45, 2.75) is 19.3 Å². The van der Waals surface area contributed by atoms with Crippen LogP contribution in [-0.2, 0) is 4.79 Å². The molecular weight excluding hydrogens is 340 g/mol. The SMILES string of the molecule is O=C(NC(=Cc1ccco1)C(=O)N1CCCCC1)c1ccc(Cl)cc1. The second-order valence-corrected chi connectivity index (χ2v) is 6.32. The number of nitrogens with zero attached hydrogens (tertiary/aromatic N) is 1. The normalized spacial score (nSPS) is 15.1. The van der Waals surface area contributed by atoms with Gasteiger partial charge in [0, 0.05) is 29.8 Å². The van der Waals surface area contributed by atoms with Gasteiger partial charge in [-0.15, -0.1) is 0 Å². The molecule has 0 saturated carbocycles. The molecule has 0 bridgehead atoms. The molecule has 5 nitrogen and oxygen atoms in total. The predicted octanol–water partition coefficient (Wildman–Crippen LogP) is 3.72. The first-order valence-corrected chi connectivity index (χ1v) is 8.63. The van der Waals surface area contributed by atoms with E-state index in [1.54, 1.807) is 47.4 Å². The number of benzene rings is 1. The zero-order valence-corrected chi connectivity index (χ0v) is 14.5. The third-order valence-electron chi connectivity index (χ3n) is 4.06. The monoisotopic (exact) mass is 358 g/mol. The summed E-state index contributed by atoms with van der Waals surface area (Å²) in [5, 5.41) is 3.26. The van der Waals surface area contributed by atoms with Gasteiger partial charge in [0.2, 0.25) is 0 Å². The first-order chi connectivity index (χ1) is 12.1. The molecule has 1 aliphatic rings. The molecule has 0 atom stereocenters. The van der Waals surface area contributed by atoms with E-state index in [2.05, 4.69) is 5.32 Å². The van der Waals surface area contributed by atoms with Crippen LogP contribution < -0.4 is 5.32 Å². The van der Waals surface area contributed by atoms with Gasteiger partial charge >= 0.3 is 0 Å².